The molecule has 2 aliphatic carbocycles. The van der Waals surface area contributed by atoms with Crippen molar-refractivity contribution in [3.05, 3.63) is 54.0 Å². The van der Waals surface area contributed by atoms with Gasteiger partial charge in [0, 0.05) is 31.1 Å². The Morgan fingerprint density at radius 3 is 2.61 bits per heavy atom. The molecule has 160 valence electrons. The van der Waals surface area contributed by atoms with E-state index in [1.54, 1.807) is 30.7 Å². The second-order valence-corrected chi connectivity index (χ2v) is 8.70. The van der Waals surface area contributed by atoms with Crippen LogP contribution in [0.15, 0.2) is 42.9 Å². The van der Waals surface area contributed by atoms with Crippen LogP contribution in [0.25, 0.3) is 0 Å². The maximum Gasteiger partial charge on any atom is 0.325 e. The monoisotopic (exact) mass is 421 g/mol. The molecule has 1 aliphatic heterocycles. The fraction of sp³-hybridized carbons (Fsp3) is 0.409. The summed E-state index contributed by atoms with van der Waals surface area (Å²) in [6.45, 7) is 0. The molecule has 9 heteroatoms. The lowest BCUT2D eigenvalue weighted by Crippen LogP contribution is -2.60. The first-order chi connectivity index (χ1) is 14.9. The van der Waals surface area contributed by atoms with Gasteiger partial charge in [0.05, 0.1) is 0 Å². The highest BCUT2D eigenvalue weighted by Crippen LogP contribution is 2.58. The number of aromatic nitrogens is 2. The number of urea groups is 1. The van der Waals surface area contributed by atoms with Gasteiger partial charge in [0.15, 0.2) is 0 Å². The zero-order valence-corrected chi connectivity index (χ0v) is 16.9. The lowest BCUT2D eigenvalue weighted by Gasteiger charge is -2.58. The van der Waals surface area contributed by atoms with E-state index in [4.69, 9.17) is 10.5 Å². The normalized spacial score (nSPS) is 29.3. The molecule has 0 aromatic carbocycles. The highest BCUT2D eigenvalue weighted by molar-refractivity contribution is 6.04. The number of nitrogens with two attached hydrogens (primary N) is 1. The minimum atomic E-state index is -0.569. The van der Waals surface area contributed by atoms with Crippen LogP contribution >= 0.6 is 0 Å². The number of hydrogen-bond donors (Lipinski definition) is 2. The predicted octanol–water partition coefficient (Wildman–Crippen LogP) is 1.43. The van der Waals surface area contributed by atoms with Gasteiger partial charge in [-0.15, -0.1) is 0 Å². The third kappa shape index (κ3) is 3.49. The van der Waals surface area contributed by atoms with Crippen LogP contribution in [0.1, 0.15) is 41.6 Å². The fourth-order valence-electron chi connectivity index (χ4n) is 5.06. The van der Waals surface area contributed by atoms with E-state index < -0.39 is 11.9 Å². The van der Waals surface area contributed by atoms with Crippen molar-refractivity contribution < 1.29 is 19.1 Å². The summed E-state index contributed by atoms with van der Waals surface area (Å²) in [5.41, 5.74) is 6.70. The van der Waals surface area contributed by atoms with Crippen molar-refractivity contribution in [3.8, 4) is 5.88 Å². The lowest BCUT2D eigenvalue weighted by molar-refractivity contribution is -0.140. The summed E-state index contributed by atoms with van der Waals surface area (Å²) in [5.74, 6) is -0.465. The van der Waals surface area contributed by atoms with Crippen molar-refractivity contribution in [2.24, 2.45) is 11.1 Å². The second-order valence-electron chi connectivity index (χ2n) is 8.70. The Balaban J connectivity index is 1.15. The Hall–Kier alpha value is -3.49. The van der Waals surface area contributed by atoms with Gasteiger partial charge >= 0.3 is 6.03 Å². The number of ether oxygens (including phenoxy) is 1. The van der Waals surface area contributed by atoms with Gasteiger partial charge in [-0.3, -0.25) is 19.5 Å². The third-order valence-corrected chi connectivity index (χ3v) is 6.58. The number of carbonyl (C=O) groups excluding carboxylic acids is 3. The Morgan fingerprint density at radius 2 is 1.90 bits per heavy atom. The summed E-state index contributed by atoms with van der Waals surface area (Å²) in [7, 11) is 0. The molecule has 1 unspecified atom stereocenters. The maximum atomic E-state index is 12.8. The smallest absolute Gasteiger partial charge is 0.325 e. The first-order valence-electron chi connectivity index (χ1n) is 10.4. The zero-order chi connectivity index (χ0) is 21.6. The van der Waals surface area contributed by atoms with Crippen LogP contribution in [0.4, 0.5) is 4.79 Å². The van der Waals surface area contributed by atoms with Gasteiger partial charge < -0.3 is 15.8 Å². The van der Waals surface area contributed by atoms with Crippen molar-refractivity contribution in [1.82, 2.24) is 20.2 Å². The fourth-order valence-corrected chi connectivity index (χ4v) is 5.06. The molecule has 1 spiro atoms. The number of carbonyl (C=O) groups is 3. The topological polar surface area (TPSA) is 128 Å². The standard InChI is InChI=1S/C22H23N5O4/c23-18(28)16-2-1-5-25-19(16)31-15-11-22(12-15)9-14(10-22)27-20(29)17(26-21(27)30)8-13-3-6-24-7-4-13/h1-7,14-15,17H,8-12H2,(H2,23,28)(H,26,30)/t14-,15-,17?,22?. The van der Waals surface area contributed by atoms with E-state index in [0.717, 1.165) is 31.2 Å². The average Bonchev–Trinajstić information content (AvgIpc) is 2.97. The molecular weight excluding hydrogens is 398 g/mol. The molecule has 1 saturated heterocycles. The Kier molecular flexibility index (Phi) is 4.60. The van der Waals surface area contributed by atoms with Crippen LogP contribution in [0.5, 0.6) is 5.88 Å². The van der Waals surface area contributed by atoms with E-state index in [2.05, 4.69) is 15.3 Å². The molecule has 3 fully saturated rings. The highest BCUT2D eigenvalue weighted by atomic mass is 16.5. The molecule has 3 heterocycles. The summed E-state index contributed by atoms with van der Waals surface area (Å²) >= 11 is 0. The van der Waals surface area contributed by atoms with Gasteiger partial charge in [-0.05, 0) is 60.9 Å². The quantitative estimate of drug-likeness (QED) is 0.679. The molecule has 0 radical (unpaired) electrons. The SMILES string of the molecule is NC(=O)c1cccnc1O[C@H]1CC2(C1)C[C@H](N1C(=O)NC(Cc3ccncc3)C1=O)C2. The number of rotatable bonds is 6. The Labute approximate surface area is 179 Å². The highest BCUT2D eigenvalue weighted by Gasteiger charge is 2.58. The molecule has 31 heavy (non-hydrogen) atoms. The first-order valence-corrected chi connectivity index (χ1v) is 10.4. The van der Waals surface area contributed by atoms with Gasteiger partial charge in [-0.1, -0.05) is 0 Å². The Morgan fingerprint density at radius 1 is 1.16 bits per heavy atom. The van der Waals surface area contributed by atoms with Crippen LogP contribution in [0.2, 0.25) is 0 Å². The van der Waals surface area contributed by atoms with Gasteiger partial charge in [-0.25, -0.2) is 9.78 Å². The van der Waals surface area contributed by atoms with E-state index in [1.807, 2.05) is 12.1 Å². The van der Waals surface area contributed by atoms with Crippen LogP contribution in [-0.4, -0.2) is 50.9 Å². The molecule has 5 rings (SSSR count). The molecular formula is C22H23N5O4. The van der Waals surface area contributed by atoms with Crippen LogP contribution in [0.3, 0.4) is 0 Å². The number of imide groups is 1. The Bertz CT molecular complexity index is 1030. The van der Waals surface area contributed by atoms with Crippen LogP contribution in [-0.2, 0) is 11.2 Å². The van der Waals surface area contributed by atoms with Gasteiger partial charge in [-0.2, -0.15) is 0 Å². The average molecular weight is 421 g/mol. The van der Waals surface area contributed by atoms with Gasteiger partial charge in [0.1, 0.15) is 17.7 Å². The third-order valence-electron chi connectivity index (χ3n) is 6.58. The summed E-state index contributed by atoms with van der Waals surface area (Å²) in [5, 5.41) is 2.81. The number of nitrogens with one attached hydrogen (secondary N) is 1. The van der Waals surface area contributed by atoms with Crippen molar-refractivity contribution in [1.29, 1.82) is 0 Å². The van der Waals surface area contributed by atoms with E-state index in [-0.39, 0.29) is 40.9 Å². The minimum Gasteiger partial charge on any atom is -0.474 e. The van der Waals surface area contributed by atoms with E-state index in [1.165, 1.54) is 4.90 Å². The number of pyridine rings is 2. The summed E-state index contributed by atoms with van der Waals surface area (Å²) in [6, 6.07) is 6.02. The summed E-state index contributed by atoms with van der Waals surface area (Å²) in [4.78, 5) is 46.3. The largest absolute Gasteiger partial charge is 0.474 e. The number of hydrogen-bond acceptors (Lipinski definition) is 6. The van der Waals surface area contributed by atoms with Gasteiger partial charge in [0.2, 0.25) is 5.88 Å². The minimum absolute atomic E-state index is 0.0449. The second kappa shape index (κ2) is 7.33. The molecule has 1 atom stereocenters. The number of primary amides is 1. The molecule has 0 bridgehead atoms. The maximum absolute atomic E-state index is 12.8. The van der Waals surface area contributed by atoms with Crippen LogP contribution < -0.4 is 15.8 Å². The zero-order valence-electron chi connectivity index (χ0n) is 16.9. The predicted molar refractivity (Wildman–Crippen MR) is 109 cm³/mol. The van der Waals surface area contributed by atoms with Gasteiger partial charge in [0.25, 0.3) is 11.8 Å². The number of amides is 4. The molecule has 4 amide bonds. The van der Waals surface area contributed by atoms with E-state index in [0.29, 0.717) is 6.42 Å². The summed E-state index contributed by atoms with van der Waals surface area (Å²) < 4.78 is 5.88. The first kappa shape index (κ1) is 19.5. The number of nitrogens with zero attached hydrogens (tertiary/aromatic N) is 3. The van der Waals surface area contributed by atoms with Crippen LogP contribution in [0, 0.1) is 5.41 Å². The molecule has 2 saturated carbocycles. The molecule has 3 aliphatic rings. The molecule has 2 aromatic rings. The van der Waals surface area contributed by atoms with Crippen molar-refractivity contribution in [2.45, 2.75) is 50.3 Å². The van der Waals surface area contributed by atoms with E-state index >= 15 is 0 Å². The molecule has 9 nitrogen and oxygen atoms in total. The molecule has 3 N–H and O–H groups in total. The summed E-state index contributed by atoms with van der Waals surface area (Å²) in [6.07, 6.45) is 8.51. The van der Waals surface area contributed by atoms with Crippen molar-refractivity contribution >= 4 is 17.8 Å². The lowest BCUT2D eigenvalue weighted by atomic mass is 9.52. The molecule has 2 aromatic heterocycles. The van der Waals surface area contributed by atoms with E-state index in [9.17, 15) is 14.4 Å². The van der Waals surface area contributed by atoms with Crippen molar-refractivity contribution in [3.63, 3.8) is 0 Å². The van der Waals surface area contributed by atoms with Crippen molar-refractivity contribution in [2.75, 3.05) is 0 Å².